The van der Waals surface area contributed by atoms with Crippen LogP contribution in [0.25, 0.3) is 0 Å². The molecule has 0 radical (unpaired) electrons. The van der Waals surface area contributed by atoms with Crippen LogP contribution in [0.4, 0.5) is 0 Å². The van der Waals surface area contributed by atoms with Gasteiger partial charge in [0.15, 0.2) is 5.96 Å². The highest BCUT2D eigenvalue weighted by molar-refractivity contribution is 14.0. The molecule has 0 spiro atoms. The van der Waals surface area contributed by atoms with E-state index < -0.39 is 0 Å². The number of nitrogens with zero attached hydrogens (tertiary/aromatic N) is 3. The third-order valence-corrected chi connectivity index (χ3v) is 6.02. The average molecular weight is 544 g/mol. The van der Waals surface area contributed by atoms with E-state index in [1.165, 1.54) is 16.0 Å². The minimum absolute atomic E-state index is 0. The highest BCUT2D eigenvalue weighted by atomic mass is 127. The predicted molar refractivity (Wildman–Crippen MR) is 136 cm³/mol. The number of hydrogen-bond acceptors (Lipinski definition) is 5. The maximum absolute atomic E-state index is 9.63. The van der Waals surface area contributed by atoms with Crippen LogP contribution < -0.4 is 10.6 Å². The van der Waals surface area contributed by atoms with Crippen LogP contribution in [-0.2, 0) is 19.5 Å². The van der Waals surface area contributed by atoms with E-state index in [9.17, 15) is 5.11 Å². The van der Waals surface area contributed by atoms with Crippen molar-refractivity contribution in [1.82, 2.24) is 20.5 Å². The van der Waals surface area contributed by atoms with Crippen molar-refractivity contribution in [2.45, 2.75) is 52.3 Å². The lowest BCUT2D eigenvalue weighted by molar-refractivity contribution is 0.0792. The Morgan fingerprint density at radius 2 is 1.90 bits per heavy atom. The summed E-state index contributed by atoms with van der Waals surface area (Å²) >= 11 is 1.75. The molecule has 30 heavy (non-hydrogen) atoms. The number of thiazole rings is 1. The zero-order valence-electron chi connectivity index (χ0n) is 17.9. The van der Waals surface area contributed by atoms with Gasteiger partial charge in [-0.05, 0) is 37.8 Å². The third-order valence-electron chi connectivity index (χ3n) is 5.05. The molecule has 0 unspecified atom stereocenters. The molecular weight excluding hydrogens is 509 g/mol. The van der Waals surface area contributed by atoms with Crippen molar-refractivity contribution in [2.75, 3.05) is 26.2 Å². The quantitative estimate of drug-likeness (QED) is 0.271. The number of aryl methyl sites for hydroxylation is 1. The van der Waals surface area contributed by atoms with E-state index in [0.717, 1.165) is 63.0 Å². The fraction of sp³-hybridized carbons (Fsp3) is 0.545. The summed E-state index contributed by atoms with van der Waals surface area (Å²) < 4.78 is 0. The van der Waals surface area contributed by atoms with Gasteiger partial charge in [0.05, 0.1) is 17.7 Å². The molecule has 1 aromatic heterocycles. The lowest BCUT2D eigenvalue weighted by atomic mass is 10.1. The zero-order chi connectivity index (χ0) is 20.5. The maximum atomic E-state index is 9.63. The van der Waals surface area contributed by atoms with Crippen LogP contribution in [0.2, 0.25) is 0 Å². The number of likely N-dealkylation sites (tertiary alicyclic amines) is 1. The van der Waals surface area contributed by atoms with Gasteiger partial charge >= 0.3 is 0 Å². The van der Waals surface area contributed by atoms with Crippen LogP contribution in [0.5, 0.6) is 0 Å². The first-order chi connectivity index (χ1) is 14.1. The Bertz CT molecular complexity index is 772. The monoisotopic (exact) mass is 543 g/mol. The number of aliphatic imine (C=N–C) groups is 1. The molecule has 2 aromatic rings. The summed E-state index contributed by atoms with van der Waals surface area (Å²) in [5.41, 5.74) is 2.52. The smallest absolute Gasteiger partial charge is 0.191 e. The first-order valence-corrected chi connectivity index (χ1v) is 11.4. The molecule has 1 aromatic carbocycles. The molecule has 1 fully saturated rings. The van der Waals surface area contributed by atoms with Crippen LogP contribution in [0.1, 0.15) is 40.8 Å². The van der Waals surface area contributed by atoms with Gasteiger partial charge in [-0.2, -0.15) is 0 Å². The summed E-state index contributed by atoms with van der Waals surface area (Å²) in [6, 6.07) is 8.72. The van der Waals surface area contributed by atoms with Gasteiger partial charge in [0.2, 0.25) is 0 Å². The number of aliphatic hydroxyl groups excluding tert-OH is 1. The normalized spacial score (nSPS) is 15.6. The standard InChI is InChI=1S/C22H33N5OS.HI/c1-3-23-22(24-11-8-21-25-14-17(2)29-21)26-15-18-4-6-19(7-5-18)16-27-12-9-20(28)10-13-27;/h4-7,14,20,28H,3,8-13,15-16H2,1-2H3,(H2,23,24,26);1H. The molecule has 1 aliphatic heterocycles. The Kier molecular flexibility index (Phi) is 11.0. The predicted octanol–water partition coefficient (Wildman–Crippen LogP) is 3.32. The van der Waals surface area contributed by atoms with Crippen molar-refractivity contribution in [2.24, 2.45) is 4.99 Å². The average Bonchev–Trinajstić information content (AvgIpc) is 3.14. The van der Waals surface area contributed by atoms with Crippen molar-refractivity contribution < 1.29 is 5.11 Å². The van der Waals surface area contributed by atoms with E-state index in [0.29, 0.717) is 6.54 Å². The first kappa shape index (κ1) is 25.0. The van der Waals surface area contributed by atoms with Crippen molar-refractivity contribution in [3.63, 3.8) is 0 Å². The second-order valence-corrected chi connectivity index (χ2v) is 8.88. The minimum Gasteiger partial charge on any atom is -0.393 e. The zero-order valence-corrected chi connectivity index (χ0v) is 21.1. The SMILES string of the molecule is CCNC(=NCc1ccc(CN2CCC(O)CC2)cc1)NCCc1ncc(C)s1.I. The topological polar surface area (TPSA) is 72.8 Å². The fourth-order valence-electron chi connectivity index (χ4n) is 3.40. The first-order valence-electron chi connectivity index (χ1n) is 10.5. The Morgan fingerprint density at radius 3 is 2.53 bits per heavy atom. The van der Waals surface area contributed by atoms with Gasteiger partial charge < -0.3 is 15.7 Å². The molecule has 3 N–H and O–H groups in total. The molecule has 0 saturated carbocycles. The molecule has 8 heteroatoms. The Balaban J connectivity index is 0.00000320. The number of aromatic nitrogens is 1. The molecule has 0 aliphatic carbocycles. The summed E-state index contributed by atoms with van der Waals surface area (Å²) in [5, 5.41) is 17.5. The second-order valence-electron chi connectivity index (χ2n) is 7.56. The van der Waals surface area contributed by atoms with Gasteiger partial charge in [0.1, 0.15) is 0 Å². The molecule has 1 aliphatic rings. The van der Waals surface area contributed by atoms with Crippen LogP contribution >= 0.6 is 35.3 Å². The van der Waals surface area contributed by atoms with E-state index in [1.807, 2.05) is 6.20 Å². The minimum atomic E-state index is -0.114. The van der Waals surface area contributed by atoms with Gasteiger partial charge in [-0.25, -0.2) is 9.98 Å². The Labute approximate surface area is 201 Å². The number of guanidine groups is 1. The summed E-state index contributed by atoms with van der Waals surface area (Å²) in [7, 11) is 0. The van der Waals surface area contributed by atoms with Crippen molar-refractivity contribution in [1.29, 1.82) is 0 Å². The van der Waals surface area contributed by atoms with E-state index in [2.05, 4.69) is 58.6 Å². The highest BCUT2D eigenvalue weighted by Gasteiger charge is 2.16. The molecule has 0 bridgehead atoms. The fourth-order valence-corrected chi connectivity index (χ4v) is 4.19. The lowest BCUT2D eigenvalue weighted by Gasteiger charge is -2.29. The van der Waals surface area contributed by atoms with E-state index in [4.69, 9.17) is 4.99 Å². The van der Waals surface area contributed by atoms with E-state index >= 15 is 0 Å². The van der Waals surface area contributed by atoms with Crippen LogP contribution in [0, 0.1) is 6.92 Å². The molecular formula is C22H34IN5OS. The van der Waals surface area contributed by atoms with Crippen LogP contribution in [-0.4, -0.2) is 53.2 Å². The molecule has 1 saturated heterocycles. The number of nitrogens with one attached hydrogen (secondary N) is 2. The van der Waals surface area contributed by atoms with Gasteiger partial charge in [0, 0.05) is 50.2 Å². The molecule has 3 rings (SSSR count). The van der Waals surface area contributed by atoms with Crippen LogP contribution in [0.3, 0.4) is 0 Å². The van der Waals surface area contributed by atoms with Crippen molar-refractivity contribution in [3.05, 3.63) is 51.5 Å². The number of hydrogen-bond donors (Lipinski definition) is 3. The molecule has 0 atom stereocenters. The maximum Gasteiger partial charge on any atom is 0.191 e. The summed E-state index contributed by atoms with van der Waals surface area (Å²) in [6.07, 6.45) is 4.49. The molecule has 6 nitrogen and oxygen atoms in total. The molecule has 2 heterocycles. The van der Waals surface area contributed by atoms with Gasteiger partial charge in [-0.1, -0.05) is 24.3 Å². The molecule has 166 valence electrons. The number of benzene rings is 1. The number of rotatable bonds is 8. The van der Waals surface area contributed by atoms with Crippen molar-refractivity contribution in [3.8, 4) is 0 Å². The Morgan fingerprint density at radius 1 is 1.20 bits per heavy atom. The van der Waals surface area contributed by atoms with Crippen molar-refractivity contribution >= 4 is 41.3 Å². The summed E-state index contributed by atoms with van der Waals surface area (Å²) in [5.74, 6) is 0.844. The summed E-state index contributed by atoms with van der Waals surface area (Å²) in [4.78, 5) is 12.8. The van der Waals surface area contributed by atoms with Gasteiger partial charge in [-0.15, -0.1) is 35.3 Å². The second kappa shape index (κ2) is 13.2. The third kappa shape index (κ3) is 8.49. The lowest BCUT2D eigenvalue weighted by Crippen LogP contribution is -2.38. The number of aliphatic hydroxyl groups is 1. The van der Waals surface area contributed by atoms with E-state index in [-0.39, 0.29) is 30.1 Å². The van der Waals surface area contributed by atoms with Crippen LogP contribution in [0.15, 0.2) is 35.5 Å². The summed E-state index contributed by atoms with van der Waals surface area (Å²) in [6.45, 7) is 9.39. The van der Waals surface area contributed by atoms with E-state index in [1.54, 1.807) is 11.3 Å². The van der Waals surface area contributed by atoms with Gasteiger partial charge in [-0.3, -0.25) is 4.90 Å². The molecule has 0 amide bonds. The largest absolute Gasteiger partial charge is 0.393 e. The number of piperidine rings is 1. The highest BCUT2D eigenvalue weighted by Crippen LogP contribution is 2.14. The number of halogens is 1. The van der Waals surface area contributed by atoms with Gasteiger partial charge in [0.25, 0.3) is 0 Å². The Hall–Kier alpha value is -1.23.